The Kier molecular flexibility index (Phi) is 4.83. The summed E-state index contributed by atoms with van der Waals surface area (Å²) in [5, 5.41) is 15.3. The Labute approximate surface area is 142 Å². The third-order valence-electron chi connectivity index (χ3n) is 5.00. The van der Waals surface area contributed by atoms with E-state index in [1.165, 1.54) is 17.7 Å². The summed E-state index contributed by atoms with van der Waals surface area (Å²) in [5.41, 5.74) is 2.22. The minimum Gasteiger partial charge on any atom is -0.385 e. The normalized spacial score (nSPS) is 22.3. The first-order valence-electron chi connectivity index (χ1n) is 8.38. The summed E-state index contributed by atoms with van der Waals surface area (Å²) in [4.78, 5) is 2.35. The maximum atomic E-state index is 13.1. The van der Waals surface area contributed by atoms with Crippen molar-refractivity contribution in [3.05, 3.63) is 59.7 Å². The van der Waals surface area contributed by atoms with Crippen molar-refractivity contribution in [1.82, 2.24) is 14.7 Å². The highest BCUT2D eigenvalue weighted by atomic mass is 19.1. The van der Waals surface area contributed by atoms with Gasteiger partial charge >= 0.3 is 0 Å². The smallest absolute Gasteiger partial charge is 0.123 e. The molecule has 0 unspecified atom stereocenters. The Morgan fingerprint density at radius 1 is 1.29 bits per heavy atom. The number of hydrogen-bond donors (Lipinski definition) is 1. The molecule has 128 valence electrons. The van der Waals surface area contributed by atoms with Gasteiger partial charge in [0.25, 0.3) is 0 Å². The van der Waals surface area contributed by atoms with Crippen LogP contribution in [0.5, 0.6) is 0 Å². The van der Waals surface area contributed by atoms with Crippen LogP contribution in [-0.2, 0) is 12.1 Å². The molecule has 0 spiro atoms. The van der Waals surface area contributed by atoms with Gasteiger partial charge in [0.05, 0.1) is 11.8 Å². The van der Waals surface area contributed by atoms with Crippen molar-refractivity contribution in [2.45, 2.75) is 38.3 Å². The van der Waals surface area contributed by atoms with Gasteiger partial charge in [-0.05, 0) is 50.4 Å². The zero-order valence-electron chi connectivity index (χ0n) is 14.1. The number of halogens is 1. The lowest BCUT2D eigenvalue weighted by atomic mass is 9.87. The molecule has 1 fully saturated rings. The topological polar surface area (TPSA) is 41.3 Å². The Balaban J connectivity index is 1.69. The predicted octanol–water partition coefficient (Wildman–Crippen LogP) is 3.30. The highest BCUT2D eigenvalue weighted by molar-refractivity contribution is 5.26. The van der Waals surface area contributed by atoms with E-state index in [1.807, 2.05) is 13.1 Å². The van der Waals surface area contributed by atoms with E-state index in [-0.39, 0.29) is 5.82 Å². The van der Waals surface area contributed by atoms with Crippen LogP contribution in [0, 0.1) is 12.7 Å². The van der Waals surface area contributed by atoms with Crippen molar-refractivity contribution in [3.63, 3.8) is 0 Å². The molecule has 1 aromatic heterocycles. The number of rotatable bonds is 4. The van der Waals surface area contributed by atoms with Crippen LogP contribution in [0.3, 0.4) is 0 Å². The molecule has 3 rings (SSSR count). The number of likely N-dealkylation sites (tertiary alicyclic amines) is 1. The zero-order valence-corrected chi connectivity index (χ0v) is 14.1. The first-order valence-corrected chi connectivity index (χ1v) is 8.38. The number of aromatic nitrogens is 2. The molecule has 0 amide bonds. The molecule has 0 saturated carbocycles. The summed E-state index contributed by atoms with van der Waals surface area (Å²) in [7, 11) is 0. The van der Waals surface area contributed by atoms with Gasteiger partial charge in [0.1, 0.15) is 5.82 Å². The molecule has 1 saturated heterocycles. The third-order valence-corrected chi connectivity index (χ3v) is 5.00. The van der Waals surface area contributed by atoms with E-state index >= 15 is 0 Å². The fourth-order valence-electron chi connectivity index (χ4n) is 3.42. The largest absolute Gasteiger partial charge is 0.385 e. The standard InChI is InChI=1S/C19H24FN3O/c1-3-23-15(2)16(13-21-23)14-22-11-4-9-19(24,10-12-22)17-5-7-18(20)8-6-17/h3,5-8,13,24H,1,4,9-12,14H2,2H3/t19-/m1/s1. The minimum absolute atomic E-state index is 0.271. The summed E-state index contributed by atoms with van der Waals surface area (Å²) in [6.45, 7) is 8.34. The molecule has 0 radical (unpaired) electrons. The highest BCUT2D eigenvalue weighted by Crippen LogP contribution is 2.33. The molecule has 24 heavy (non-hydrogen) atoms. The average molecular weight is 329 g/mol. The fourth-order valence-corrected chi connectivity index (χ4v) is 3.42. The average Bonchev–Trinajstić information content (AvgIpc) is 2.80. The van der Waals surface area contributed by atoms with Gasteiger partial charge in [0.2, 0.25) is 0 Å². The molecule has 1 N–H and O–H groups in total. The molecule has 1 atom stereocenters. The Hall–Kier alpha value is -1.98. The molecular formula is C19H24FN3O. The van der Waals surface area contributed by atoms with Crippen molar-refractivity contribution in [2.75, 3.05) is 13.1 Å². The Morgan fingerprint density at radius 2 is 2.04 bits per heavy atom. The molecule has 1 aliphatic rings. The van der Waals surface area contributed by atoms with E-state index < -0.39 is 5.60 Å². The molecule has 4 nitrogen and oxygen atoms in total. The van der Waals surface area contributed by atoms with E-state index in [0.29, 0.717) is 12.8 Å². The first-order chi connectivity index (χ1) is 11.5. The van der Waals surface area contributed by atoms with E-state index in [2.05, 4.69) is 16.6 Å². The van der Waals surface area contributed by atoms with Crippen molar-refractivity contribution >= 4 is 6.20 Å². The molecule has 0 aliphatic carbocycles. The lowest BCUT2D eigenvalue weighted by molar-refractivity contribution is 0.0209. The maximum Gasteiger partial charge on any atom is 0.123 e. The number of nitrogens with zero attached hydrogens (tertiary/aromatic N) is 3. The second kappa shape index (κ2) is 6.87. The SMILES string of the molecule is C=Cn1ncc(CN2CCC[C@](O)(c3ccc(F)cc3)CC2)c1C. The van der Waals surface area contributed by atoms with E-state index in [1.54, 1.807) is 23.0 Å². The van der Waals surface area contributed by atoms with Gasteiger partial charge in [-0.3, -0.25) is 4.90 Å². The van der Waals surface area contributed by atoms with Gasteiger partial charge < -0.3 is 5.11 Å². The van der Waals surface area contributed by atoms with Crippen molar-refractivity contribution in [1.29, 1.82) is 0 Å². The highest BCUT2D eigenvalue weighted by Gasteiger charge is 2.32. The van der Waals surface area contributed by atoms with Crippen LogP contribution in [0.2, 0.25) is 0 Å². The van der Waals surface area contributed by atoms with Crippen LogP contribution in [0.25, 0.3) is 6.20 Å². The van der Waals surface area contributed by atoms with Crippen LogP contribution < -0.4 is 0 Å². The van der Waals surface area contributed by atoms with Crippen LogP contribution in [-0.4, -0.2) is 32.9 Å². The van der Waals surface area contributed by atoms with Crippen LogP contribution in [0.15, 0.2) is 37.0 Å². The Bertz CT molecular complexity index is 710. The maximum absolute atomic E-state index is 13.1. The molecule has 2 heterocycles. The minimum atomic E-state index is -0.872. The summed E-state index contributed by atoms with van der Waals surface area (Å²) in [6, 6.07) is 6.23. The number of benzene rings is 1. The molecule has 1 aliphatic heterocycles. The van der Waals surface area contributed by atoms with Crippen LogP contribution >= 0.6 is 0 Å². The van der Waals surface area contributed by atoms with Gasteiger partial charge in [0.15, 0.2) is 0 Å². The van der Waals surface area contributed by atoms with Crippen LogP contribution in [0.1, 0.15) is 36.1 Å². The molecular weight excluding hydrogens is 305 g/mol. The van der Waals surface area contributed by atoms with Crippen molar-refractivity contribution < 1.29 is 9.50 Å². The third kappa shape index (κ3) is 3.42. The lowest BCUT2D eigenvalue weighted by Crippen LogP contribution is -2.29. The van der Waals surface area contributed by atoms with Gasteiger partial charge in [-0.1, -0.05) is 18.7 Å². The number of aliphatic hydroxyl groups is 1. The molecule has 2 aromatic rings. The second-order valence-electron chi connectivity index (χ2n) is 6.55. The summed E-state index contributed by atoms with van der Waals surface area (Å²) < 4.78 is 14.9. The van der Waals surface area contributed by atoms with Gasteiger partial charge in [0, 0.05) is 30.5 Å². The van der Waals surface area contributed by atoms with E-state index in [4.69, 9.17) is 0 Å². The lowest BCUT2D eigenvalue weighted by Gasteiger charge is -2.27. The van der Waals surface area contributed by atoms with E-state index in [9.17, 15) is 9.50 Å². The monoisotopic (exact) mass is 329 g/mol. The second-order valence-corrected chi connectivity index (χ2v) is 6.55. The van der Waals surface area contributed by atoms with Gasteiger partial charge in [-0.25, -0.2) is 9.07 Å². The van der Waals surface area contributed by atoms with Gasteiger partial charge in [-0.2, -0.15) is 5.10 Å². The first kappa shape index (κ1) is 16.9. The molecule has 0 bridgehead atoms. The molecule has 5 heteroatoms. The Morgan fingerprint density at radius 3 is 2.71 bits per heavy atom. The summed E-state index contributed by atoms with van der Waals surface area (Å²) in [6.07, 6.45) is 5.83. The molecule has 1 aromatic carbocycles. The van der Waals surface area contributed by atoms with Crippen LogP contribution in [0.4, 0.5) is 4.39 Å². The summed E-state index contributed by atoms with van der Waals surface area (Å²) in [5.74, 6) is -0.271. The fraction of sp³-hybridized carbons (Fsp3) is 0.421. The quantitative estimate of drug-likeness (QED) is 0.936. The van der Waals surface area contributed by atoms with Gasteiger partial charge in [-0.15, -0.1) is 0 Å². The number of hydrogen-bond acceptors (Lipinski definition) is 3. The van der Waals surface area contributed by atoms with Crippen molar-refractivity contribution in [2.24, 2.45) is 0 Å². The van der Waals surface area contributed by atoms with Crippen molar-refractivity contribution in [3.8, 4) is 0 Å². The van der Waals surface area contributed by atoms with E-state index in [0.717, 1.165) is 37.3 Å². The summed E-state index contributed by atoms with van der Waals surface area (Å²) >= 11 is 0. The zero-order chi connectivity index (χ0) is 17.2. The predicted molar refractivity (Wildman–Crippen MR) is 92.8 cm³/mol.